The highest BCUT2D eigenvalue weighted by atomic mass is 32.1. The van der Waals surface area contributed by atoms with E-state index in [-0.39, 0.29) is 33.8 Å². The highest BCUT2D eigenvalue weighted by molar-refractivity contribution is 7.33. The fourth-order valence-corrected chi connectivity index (χ4v) is 11.6. The Morgan fingerprint density at radius 3 is 1.84 bits per heavy atom. The summed E-state index contributed by atoms with van der Waals surface area (Å²) in [5.41, 5.74) is 19.2. The Labute approximate surface area is 341 Å². The Morgan fingerprint density at radius 2 is 1.16 bits per heavy atom. The largest absolute Gasteiger partial charge is 0.311 e. The van der Waals surface area contributed by atoms with Gasteiger partial charge in [0.25, 0.3) is 6.71 Å². The van der Waals surface area contributed by atoms with Gasteiger partial charge in [-0.3, -0.25) is 0 Å². The van der Waals surface area contributed by atoms with Crippen LogP contribution in [0.25, 0.3) is 10.1 Å². The third-order valence-corrected chi connectivity index (χ3v) is 14.3. The molecule has 0 unspecified atom stereocenters. The van der Waals surface area contributed by atoms with Crippen LogP contribution in [0.2, 0.25) is 0 Å². The molecule has 9 rings (SSSR count). The van der Waals surface area contributed by atoms with E-state index >= 15 is 0 Å². The molecule has 4 heteroatoms. The smallest absolute Gasteiger partial charge is 0.264 e. The van der Waals surface area contributed by atoms with Crippen LogP contribution in [0.4, 0.5) is 34.1 Å². The van der Waals surface area contributed by atoms with Crippen molar-refractivity contribution < 1.29 is 0 Å². The van der Waals surface area contributed by atoms with Gasteiger partial charge >= 0.3 is 0 Å². The molecule has 2 nitrogen and oxygen atoms in total. The lowest BCUT2D eigenvalue weighted by molar-refractivity contribution is 0.403. The maximum Gasteiger partial charge on any atom is 0.264 e. The third kappa shape index (κ3) is 5.64. The lowest BCUT2D eigenvalue weighted by Crippen LogP contribution is -2.60. The van der Waals surface area contributed by atoms with Crippen LogP contribution >= 0.6 is 11.3 Å². The monoisotopic (exact) mass is 754 g/mol. The van der Waals surface area contributed by atoms with Crippen molar-refractivity contribution in [3.63, 3.8) is 0 Å². The first-order valence-corrected chi connectivity index (χ1v) is 21.6. The molecule has 0 N–H and O–H groups in total. The van der Waals surface area contributed by atoms with E-state index in [1.165, 1.54) is 93.3 Å². The molecule has 1 aromatic heterocycles. The molecule has 0 saturated heterocycles. The fourth-order valence-electron chi connectivity index (χ4n) is 10.3. The Morgan fingerprint density at radius 1 is 0.571 bits per heavy atom. The predicted molar refractivity (Wildman–Crippen MR) is 247 cm³/mol. The Kier molecular flexibility index (Phi) is 7.92. The van der Waals surface area contributed by atoms with Gasteiger partial charge in [-0.1, -0.05) is 126 Å². The van der Waals surface area contributed by atoms with Gasteiger partial charge in [-0.25, -0.2) is 0 Å². The molecule has 286 valence electrons. The fraction of sp³-hybridized carbons (Fsp3) is 0.385. The van der Waals surface area contributed by atoms with Gasteiger partial charge in [0.1, 0.15) is 0 Å². The molecule has 3 heterocycles. The quantitative estimate of drug-likeness (QED) is 0.162. The van der Waals surface area contributed by atoms with Crippen LogP contribution in [0.3, 0.4) is 0 Å². The number of benzene rings is 5. The normalized spacial score (nSPS) is 16.9. The van der Waals surface area contributed by atoms with E-state index in [0.29, 0.717) is 0 Å². The van der Waals surface area contributed by atoms with E-state index in [0.717, 1.165) is 6.42 Å². The molecule has 56 heavy (non-hydrogen) atoms. The summed E-state index contributed by atoms with van der Waals surface area (Å²) in [6.07, 6.45) is 1.15. The van der Waals surface area contributed by atoms with Crippen LogP contribution in [0.15, 0.2) is 91.0 Å². The summed E-state index contributed by atoms with van der Waals surface area (Å²) in [5.74, 6) is 0. The predicted octanol–water partition coefficient (Wildman–Crippen LogP) is 13.1. The summed E-state index contributed by atoms with van der Waals surface area (Å²) in [6.45, 7) is 33.1. The summed E-state index contributed by atoms with van der Waals surface area (Å²) in [6, 6.07) is 36.3. The van der Waals surface area contributed by atoms with E-state index in [2.05, 4.69) is 198 Å². The summed E-state index contributed by atoms with van der Waals surface area (Å²) < 4.78 is 2.80. The molecule has 6 aromatic rings. The zero-order valence-corrected chi connectivity index (χ0v) is 37.1. The van der Waals surface area contributed by atoms with E-state index in [4.69, 9.17) is 0 Å². The van der Waals surface area contributed by atoms with Crippen molar-refractivity contribution in [3.8, 4) is 0 Å². The Balaban J connectivity index is 1.40. The van der Waals surface area contributed by atoms with Gasteiger partial charge in [-0.15, -0.1) is 11.3 Å². The minimum absolute atomic E-state index is 0.0113. The number of hydrogen-bond acceptors (Lipinski definition) is 3. The average molecular weight is 755 g/mol. The molecule has 5 aromatic carbocycles. The molecular weight excluding hydrogens is 695 g/mol. The summed E-state index contributed by atoms with van der Waals surface area (Å²) in [4.78, 5) is 5.27. The second-order valence-corrected chi connectivity index (χ2v) is 22.7. The number of hydrogen-bond donors (Lipinski definition) is 0. The Hall–Kier alpha value is -4.28. The number of thiophene rings is 1. The first-order chi connectivity index (χ1) is 26.0. The molecule has 0 radical (unpaired) electrons. The van der Waals surface area contributed by atoms with Gasteiger partial charge in [0.2, 0.25) is 0 Å². The average Bonchev–Trinajstić information content (AvgIpc) is 3.56. The second kappa shape index (κ2) is 11.9. The van der Waals surface area contributed by atoms with Crippen molar-refractivity contribution >= 4 is 78.0 Å². The molecular formula is C52H59BN2S. The van der Waals surface area contributed by atoms with Crippen LogP contribution in [-0.4, -0.2) is 6.71 Å². The first-order valence-electron chi connectivity index (χ1n) is 20.8. The topological polar surface area (TPSA) is 6.48 Å². The van der Waals surface area contributed by atoms with Gasteiger partial charge < -0.3 is 9.80 Å². The van der Waals surface area contributed by atoms with Gasteiger partial charge in [0.05, 0.1) is 5.69 Å². The molecule has 0 saturated carbocycles. The molecule has 0 bridgehead atoms. The number of nitrogens with zero attached hydrogens (tertiary/aromatic N) is 2. The second-order valence-electron chi connectivity index (χ2n) is 21.6. The number of aryl methyl sites for hydroxylation is 1. The summed E-state index contributed by atoms with van der Waals surface area (Å²) in [5, 5.41) is 1.36. The molecule has 0 amide bonds. The van der Waals surface area contributed by atoms with Gasteiger partial charge in [0.15, 0.2) is 0 Å². The van der Waals surface area contributed by atoms with Crippen LogP contribution in [0, 0.1) is 6.92 Å². The maximum absolute atomic E-state index is 2.67. The van der Waals surface area contributed by atoms with Crippen molar-refractivity contribution in [2.45, 2.75) is 130 Å². The SMILES string of the molecule is Cc1cc2c3c(c1)N(c1ccc4c(c1)C(C)(C)CC4(C)C)c1c(sc4ccc(C(C)(C)C)cc14)B3c1ccc(C(C)(C)C)cc1N2c1cccc(C(C)(C)C)c1. The lowest BCUT2D eigenvalue weighted by atomic mass is 9.36. The number of fused-ring (bicyclic) bond motifs is 7. The standard InChI is InChI=1S/C52H59BN2S/c1-31-24-42-45-43(25-31)55(36-20-21-38-39(29-36)52(13,14)30-51(38,11)12)46-37-27-33(49(5,6)7)19-23-44(37)56-47(46)53(45)40-22-18-34(50(8,9)10)28-41(40)54(42)35-17-15-16-32(26-35)48(2,3)4/h15-29H,30H2,1-14H3. The van der Waals surface area contributed by atoms with Gasteiger partial charge in [-0.05, 0) is 139 Å². The summed E-state index contributed by atoms with van der Waals surface area (Å²) >= 11 is 2.00. The number of rotatable bonds is 2. The lowest BCUT2D eigenvalue weighted by Gasteiger charge is -2.44. The van der Waals surface area contributed by atoms with Crippen LogP contribution in [0.5, 0.6) is 0 Å². The van der Waals surface area contributed by atoms with E-state index in [9.17, 15) is 0 Å². The van der Waals surface area contributed by atoms with Crippen LogP contribution in [-0.2, 0) is 27.1 Å². The zero-order chi connectivity index (χ0) is 40.1. The van der Waals surface area contributed by atoms with Crippen molar-refractivity contribution in [2.24, 2.45) is 0 Å². The highest BCUT2D eigenvalue weighted by Gasteiger charge is 2.47. The zero-order valence-electron chi connectivity index (χ0n) is 36.2. The minimum atomic E-state index is 0.0113. The highest BCUT2D eigenvalue weighted by Crippen LogP contribution is 2.53. The molecule has 0 spiro atoms. The maximum atomic E-state index is 2.67. The molecule has 0 atom stereocenters. The van der Waals surface area contributed by atoms with Crippen molar-refractivity contribution in [3.05, 3.63) is 124 Å². The minimum Gasteiger partial charge on any atom is -0.311 e. The van der Waals surface area contributed by atoms with Gasteiger partial charge in [-0.2, -0.15) is 0 Å². The van der Waals surface area contributed by atoms with E-state index in [1.807, 2.05) is 11.3 Å². The van der Waals surface area contributed by atoms with Crippen LogP contribution in [0.1, 0.15) is 130 Å². The van der Waals surface area contributed by atoms with E-state index in [1.54, 1.807) is 0 Å². The first kappa shape index (κ1) is 37.3. The van der Waals surface area contributed by atoms with Crippen LogP contribution < -0.4 is 25.5 Å². The molecule has 3 aliphatic rings. The third-order valence-electron chi connectivity index (χ3n) is 13.1. The van der Waals surface area contributed by atoms with Gasteiger partial charge in [0, 0.05) is 43.3 Å². The Bertz CT molecular complexity index is 2600. The van der Waals surface area contributed by atoms with Crippen molar-refractivity contribution in [2.75, 3.05) is 9.80 Å². The molecule has 2 aliphatic heterocycles. The van der Waals surface area contributed by atoms with Crippen molar-refractivity contribution in [1.29, 1.82) is 0 Å². The number of anilines is 6. The molecule has 0 fully saturated rings. The summed E-state index contributed by atoms with van der Waals surface area (Å²) in [7, 11) is 0. The molecule has 1 aliphatic carbocycles. The van der Waals surface area contributed by atoms with E-state index < -0.39 is 0 Å². The van der Waals surface area contributed by atoms with Crippen molar-refractivity contribution in [1.82, 2.24) is 0 Å².